The molecule has 5 heteroatoms. The number of nitrogens with one attached hydrogen (secondary N) is 1. The Labute approximate surface area is 121 Å². The summed E-state index contributed by atoms with van der Waals surface area (Å²) < 4.78 is 0. The Hall–Kier alpha value is -2.20. The van der Waals surface area contributed by atoms with Crippen molar-refractivity contribution < 1.29 is 15.0 Å². The van der Waals surface area contributed by atoms with Gasteiger partial charge in [-0.2, -0.15) is 0 Å². The number of phenolic OH excluding ortho intramolecular Hbond substituents is 1. The first-order valence-electron chi connectivity index (χ1n) is 5.98. The normalized spacial score (nSPS) is 13.5. The van der Waals surface area contributed by atoms with Crippen LogP contribution in [0.15, 0.2) is 48.5 Å². The molecule has 0 heterocycles. The molecule has 0 aromatic heterocycles. The topological polar surface area (TPSA) is 69.6 Å². The average Bonchev–Trinajstić information content (AvgIpc) is 2.41. The first-order chi connectivity index (χ1) is 9.41. The van der Waals surface area contributed by atoms with Gasteiger partial charge in [0.1, 0.15) is 5.75 Å². The summed E-state index contributed by atoms with van der Waals surface area (Å²) >= 11 is 5.81. The molecule has 20 heavy (non-hydrogen) atoms. The van der Waals surface area contributed by atoms with Crippen molar-refractivity contribution in [2.75, 3.05) is 5.32 Å². The summed E-state index contributed by atoms with van der Waals surface area (Å²) in [5.74, 6) is -1.02. The van der Waals surface area contributed by atoms with E-state index in [1.54, 1.807) is 43.3 Å². The molecule has 0 saturated carbocycles. The van der Waals surface area contributed by atoms with Gasteiger partial charge in [0.2, 0.25) is 0 Å². The highest BCUT2D eigenvalue weighted by Crippen LogP contribution is 2.29. The summed E-state index contributed by atoms with van der Waals surface area (Å²) in [6, 6.07) is 12.9. The standard InChI is InChI=1S/C15H14ClNO3/c1-15(14(19)20,10-3-2-4-13(18)9-10)17-12-7-5-11(16)6-8-12/h2-9,17-18H,1H3,(H,19,20). The maximum Gasteiger partial charge on any atom is 0.333 e. The number of aliphatic carboxylic acids is 1. The van der Waals surface area contributed by atoms with Gasteiger partial charge in [-0.15, -0.1) is 0 Å². The second-order valence-corrected chi connectivity index (χ2v) is 5.05. The maximum absolute atomic E-state index is 11.6. The summed E-state index contributed by atoms with van der Waals surface area (Å²) in [5.41, 5.74) is -0.269. The molecule has 2 aromatic carbocycles. The molecule has 1 atom stereocenters. The van der Waals surface area contributed by atoms with Crippen molar-refractivity contribution in [2.24, 2.45) is 0 Å². The number of carboxylic acids is 1. The van der Waals surface area contributed by atoms with E-state index in [2.05, 4.69) is 5.32 Å². The molecule has 0 fully saturated rings. The van der Waals surface area contributed by atoms with Gasteiger partial charge in [0.15, 0.2) is 5.54 Å². The summed E-state index contributed by atoms with van der Waals surface area (Å²) in [7, 11) is 0. The van der Waals surface area contributed by atoms with Crippen molar-refractivity contribution in [1.82, 2.24) is 0 Å². The highest BCUT2D eigenvalue weighted by molar-refractivity contribution is 6.30. The predicted molar refractivity (Wildman–Crippen MR) is 78.2 cm³/mol. The lowest BCUT2D eigenvalue weighted by atomic mass is 9.91. The molecule has 2 rings (SSSR count). The van der Waals surface area contributed by atoms with E-state index in [0.717, 1.165) is 0 Å². The molecule has 0 aliphatic heterocycles. The fraction of sp³-hybridized carbons (Fsp3) is 0.133. The SMILES string of the molecule is CC(Nc1ccc(Cl)cc1)(C(=O)O)c1cccc(O)c1. The average molecular weight is 292 g/mol. The quantitative estimate of drug-likeness (QED) is 0.807. The van der Waals surface area contributed by atoms with Crippen LogP contribution in [0.5, 0.6) is 5.75 Å². The fourth-order valence-electron chi connectivity index (χ4n) is 1.89. The van der Waals surface area contributed by atoms with Crippen LogP contribution < -0.4 is 5.32 Å². The first-order valence-corrected chi connectivity index (χ1v) is 6.36. The molecule has 2 aromatic rings. The molecule has 1 unspecified atom stereocenters. The first kappa shape index (κ1) is 14.2. The maximum atomic E-state index is 11.6. The summed E-state index contributed by atoms with van der Waals surface area (Å²) in [6.07, 6.45) is 0. The smallest absolute Gasteiger partial charge is 0.333 e. The van der Waals surface area contributed by atoms with Crippen molar-refractivity contribution in [3.05, 3.63) is 59.1 Å². The van der Waals surface area contributed by atoms with E-state index in [1.165, 1.54) is 12.1 Å². The van der Waals surface area contributed by atoms with Crippen LogP contribution in [0.25, 0.3) is 0 Å². The van der Waals surface area contributed by atoms with Crippen molar-refractivity contribution >= 4 is 23.3 Å². The van der Waals surface area contributed by atoms with Crippen LogP contribution in [0.1, 0.15) is 12.5 Å². The van der Waals surface area contributed by atoms with Gasteiger partial charge in [-0.1, -0.05) is 23.7 Å². The molecule has 104 valence electrons. The Morgan fingerprint density at radius 2 is 1.85 bits per heavy atom. The number of aromatic hydroxyl groups is 1. The highest BCUT2D eigenvalue weighted by atomic mass is 35.5. The van der Waals surface area contributed by atoms with Gasteiger partial charge < -0.3 is 15.5 Å². The number of carboxylic acid groups (broad SMARTS) is 1. The van der Waals surface area contributed by atoms with E-state index in [-0.39, 0.29) is 5.75 Å². The lowest BCUT2D eigenvalue weighted by Crippen LogP contribution is -2.40. The third-order valence-electron chi connectivity index (χ3n) is 3.09. The predicted octanol–water partition coefficient (Wildman–Crippen LogP) is 3.46. The number of halogens is 1. The third-order valence-corrected chi connectivity index (χ3v) is 3.34. The second-order valence-electron chi connectivity index (χ2n) is 4.61. The molecule has 0 bridgehead atoms. The number of phenols is 1. The zero-order valence-corrected chi connectivity index (χ0v) is 11.6. The molecule has 0 radical (unpaired) electrons. The number of carbonyl (C=O) groups is 1. The summed E-state index contributed by atoms with van der Waals surface area (Å²) in [5, 5.41) is 22.6. The Morgan fingerprint density at radius 3 is 2.40 bits per heavy atom. The van der Waals surface area contributed by atoms with E-state index >= 15 is 0 Å². The van der Waals surface area contributed by atoms with Gasteiger partial charge >= 0.3 is 5.97 Å². The van der Waals surface area contributed by atoms with E-state index in [0.29, 0.717) is 16.3 Å². The van der Waals surface area contributed by atoms with Crippen LogP contribution in [0.4, 0.5) is 5.69 Å². The zero-order chi connectivity index (χ0) is 14.8. The molecule has 4 nitrogen and oxygen atoms in total. The number of rotatable bonds is 4. The number of benzene rings is 2. The van der Waals surface area contributed by atoms with Crippen molar-refractivity contribution in [2.45, 2.75) is 12.5 Å². The Bertz CT molecular complexity index is 627. The molecule has 0 aliphatic carbocycles. The van der Waals surface area contributed by atoms with Crippen LogP contribution in [-0.2, 0) is 10.3 Å². The van der Waals surface area contributed by atoms with Gasteiger partial charge in [-0.05, 0) is 48.9 Å². The minimum absolute atomic E-state index is 0.0212. The molecule has 0 saturated heterocycles. The summed E-state index contributed by atoms with van der Waals surface area (Å²) in [4.78, 5) is 11.6. The number of anilines is 1. The minimum Gasteiger partial charge on any atom is -0.508 e. The van der Waals surface area contributed by atoms with E-state index in [1.807, 2.05) is 0 Å². The Kier molecular flexibility index (Phi) is 3.86. The lowest BCUT2D eigenvalue weighted by molar-refractivity contribution is -0.142. The molecule has 3 N–H and O–H groups in total. The van der Waals surface area contributed by atoms with Crippen LogP contribution in [0.3, 0.4) is 0 Å². The van der Waals surface area contributed by atoms with Crippen LogP contribution in [0.2, 0.25) is 5.02 Å². The van der Waals surface area contributed by atoms with Crippen molar-refractivity contribution in [3.63, 3.8) is 0 Å². The second kappa shape index (κ2) is 5.43. The monoisotopic (exact) mass is 291 g/mol. The Morgan fingerprint density at radius 1 is 1.20 bits per heavy atom. The van der Waals surface area contributed by atoms with Crippen LogP contribution in [-0.4, -0.2) is 16.2 Å². The van der Waals surface area contributed by atoms with Crippen LogP contribution >= 0.6 is 11.6 Å². The lowest BCUT2D eigenvalue weighted by Gasteiger charge is -2.28. The Balaban J connectivity index is 2.39. The van der Waals surface area contributed by atoms with Gasteiger partial charge in [0, 0.05) is 10.7 Å². The van der Waals surface area contributed by atoms with Gasteiger partial charge in [0.25, 0.3) is 0 Å². The zero-order valence-electron chi connectivity index (χ0n) is 10.8. The molecule has 0 aliphatic rings. The molecular formula is C15H14ClNO3. The van der Waals surface area contributed by atoms with Crippen molar-refractivity contribution in [1.29, 1.82) is 0 Å². The van der Waals surface area contributed by atoms with E-state index < -0.39 is 11.5 Å². The largest absolute Gasteiger partial charge is 0.508 e. The summed E-state index contributed by atoms with van der Waals surface area (Å²) in [6.45, 7) is 1.54. The molecular weight excluding hydrogens is 278 g/mol. The van der Waals surface area contributed by atoms with E-state index in [4.69, 9.17) is 11.6 Å². The van der Waals surface area contributed by atoms with Gasteiger partial charge in [-0.3, -0.25) is 0 Å². The number of hydrogen-bond acceptors (Lipinski definition) is 3. The van der Waals surface area contributed by atoms with Crippen LogP contribution in [0, 0.1) is 0 Å². The van der Waals surface area contributed by atoms with Gasteiger partial charge in [0.05, 0.1) is 0 Å². The molecule has 0 spiro atoms. The fourth-order valence-corrected chi connectivity index (χ4v) is 2.01. The third kappa shape index (κ3) is 2.86. The minimum atomic E-state index is -1.35. The highest BCUT2D eigenvalue weighted by Gasteiger charge is 2.35. The number of hydrogen-bond donors (Lipinski definition) is 3. The van der Waals surface area contributed by atoms with Gasteiger partial charge in [-0.25, -0.2) is 4.79 Å². The molecule has 0 amide bonds. The van der Waals surface area contributed by atoms with Crippen molar-refractivity contribution in [3.8, 4) is 5.75 Å². The van der Waals surface area contributed by atoms with E-state index in [9.17, 15) is 15.0 Å².